The summed E-state index contributed by atoms with van der Waals surface area (Å²) < 4.78 is 7.56. The van der Waals surface area contributed by atoms with E-state index in [0.29, 0.717) is 26.0 Å². The second-order valence-corrected chi connectivity index (χ2v) is 9.94. The summed E-state index contributed by atoms with van der Waals surface area (Å²) in [7, 11) is 1.45. The predicted octanol–water partition coefficient (Wildman–Crippen LogP) is 2.97. The van der Waals surface area contributed by atoms with Gasteiger partial charge in [-0.05, 0) is 24.1 Å². The molecule has 0 aliphatic heterocycles. The molecule has 0 radical (unpaired) electrons. The third-order valence-electron chi connectivity index (χ3n) is 7.01. The third kappa shape index (κ3) is 4.62. The van der Waals surface area contributed by atoms with Crippen molar-refractivity contribution in [3.8, 4) is 17.0 Å². The lowest BCUT2D eigenvalue weighted by Gasteiger charge is -2.20. The van der Waals surface area contributed by atoms with Crippen molar-refractivity contribution in [1.82, 2.24) is 14.1 Å². The lowest BCUT2D eigenvalue weighted by molar-refractivity contribution is -0.564. The van der Waals surface area contributed by atoms with Crippen LogP contribution in [0.2, 0.25) is 0 Å². The SMILES string of the molecule is COc1ccccc1Cn1c(=O)n(CC(=O)O)c(=O)c2c(-c3ccc4ccccc4[n+]3[O-])c(C(=O)O)c(C(C)C)nc21. The number of hydrogen-bond donors (Lipinski definition) is 2. The second-order valence-electron chi connectivity index (χ2n) is 9.94. The molecule has 0 aliphatic rings. The quantitative estimate of drug-likeness (QED) is 0.210. The van der Waals surface area contributed by atoms with Gasteiger partial charge in [-0.3, -0.25) is 14.2 Å². The van der Waals surface area contributed by atoms with Gasteiger partial charge >= 0.3 is 17.6 Å². The van der Waals surface area contributed by atoms with Crippen LogP contribution in [0.3, 0.4) is 0 Å². The number of aromatic carboxylic acids is 1. The molecular weight excluding hydrogens is 544 g/mol. The van der Waals surface area contributed by atoms with Gasteiger partial charge in [-0.1, -0.05) is 44.2 Å². The maximum Gasteiger partial charge on any atom is 0.338 e. The molecule has 0 fully saturated rings. The normalized spacial score (nSPS) is 11.3. The minimum absolute atomic E-state index is 0.0433. The summed E-state index contributed by atoms with van der Waals surface area (Å²) in [5.74, 6) is -2.99. The van der Waals surface area contributed by atoms with Crippen LogP contribution in [0, 0.1) is 5.21 Å². The number of para-hydroxylation sites is 2. The third-order valence-corrected chi connectivity index (χ3v) is 7.01. The van der Waals surface area contributed by atoms with Crippen LogP contribution in [0.15, 0.2) is 70.3 Å². The van der Waals surface area contributed by atoms with E-state index in [-0.39, 0.29) is 45.6 Å². The lowest BCUT2D eigenvalue weighted by Crippen LogP contribution is -2.43. The number of carbonyl (C=O) groups is 2. The molecule has 3 heterocycles. The lowest BCUT2D eigenvalue weighted by atomic mass is 9.94. The standard InChI is InChI=1S/C30H26N4O8/c1-16(2)26-24(29(38)39)23(20-13-12-17-8-4-6-10-19(17)34(20)41)25-27(31-26)32(14-18-9-5-7-11-21(18)42-3)30(40)33(28(25)37)15-22(35)36/h4-13,16H,14-15H2,1-3H3,(H,35,36)(H,38,39). The van der Waals surface area contributed by atoms with Crippen LogP contribution in [-0.2, 0) is 17.9 Å². The highest BCUT2D eigenvalue weighted by molar-refractivity contribution is 6.06. The molecule has 5 rings (SSSR count). The first kappa shape index (κ1) is 28.0. The number of ether oxygens (including phenoxy) is 1. The van der Waals surface area contributed by atoms with Crippen LogP contribution in [0.5, 0.6) is 5.75 Å². The molecule has 0 saturated heterocycles. The number of methoxy groups -OCH3 is 1. The first-order valence-electron chi connectivity index (χ1n) is 12.9. The van der Waals surface area contributed by atoms with Gasteiger partial charge in [-0.15, -0.1) is 0 Å². The van der Waals surface area contributed by atoms with Crippen LogP contribution in [0.1, 0.15) is 41.4 Å². The molecule has 12 nitrogen and oxygen atoms in total. The van der Waals surface area contributed by atoms with E-state index in [0.717, 1.165) is 4.57 Å². The molecule has 42 heavy (non-hydrogen) atoms. The summed E-state index contributed by atoms with van der Waals surface area (Å²) in [6, 6.07) is 16.5. The maximum absolute atomic E-state index is 14.0. The largest absolute Gasteiger partial charge is 0.618 e. The van der Waals surface area contributed by atoms with Gasteiger partial charge in [0.1, 0.15) is 12.3 Å². The van der Waals surface area contributed by atoms with Gasteiger partial charge in [0.25, 0.3) is 5.56 Å². The topological polar surface area (TPSA) is 168 Å². The van der Waals surface area contributed by atoms with Crippen molar-refractivity contribution >= 4 is 33.9 Å². The Morgan fingerprint density at radius 3 is 2.36 bits per heavy atom. The average molecular weight is 571 g/mol. The Morgan fingerprint density at radius 2 is 1.69 bits per heavy atom. The molecule has 5 aromatic rings. The number of aromatic nitrogens is 4. The van der Waals surface area contributed by atoms with Crippen LogP contribution in [-0.4, -0.2) is 43.4 Å². The minimum Gasteiger partial charge on any atom is -0.618 e. The number of nitrogens with zero attached hydrogens (tertiary/aromatic N) is 4. The molecule has 0 amide bonds. The minimum atomic E-state index is -1.46. The molecule has 0 aliphatic carbocycles. The van der Waals surface area contributed by atoms with Gasteiger partial charge in [0.2, 0.25) is 11.2 Å². The van der Waals surface area contributed by atoms with Crippen molar-refractivity contribution in [3.05, 3.63) is 104 Å². The fourth-order valence-electron chi connectivity index (χ4n) is 5.12. The van der Waals surface area contributed by atoms with Crippen LogP contribution in [0.4, 0.5) is 0 Å². The van der Waals surface area contributed by atoms with E-state index in [2.05, 4.69) is 4.98 Å². The highest BCUT2D eigenvalue weighted by Gasteiger charge is 2.32. The van der Waals surface area contributed by atoms with Crippen molar-refractivity contribution in [1.29, 1.82) is 0 Å². The summed E-state index contributed by atoms with van der Waals surface area (Å²) in [6.07, 6.45) is 0. The van der Waals surface area contributed by atoms with Gasteiger partial charge in [-0.2, -0.15) is 4.73 Å². The highest BCUT2D eigenvalue weighted by atomic mass is 16.5. The number of rotatable bonds is 8. The Labute approximate surface area is 237 Å². The molecular formula is C30H26N4O8. The molecule has 0 bridgehead atoms. The summed E-state index contributed by atoms with van der Waals surface area (Å²) >= 11 is 0. The number of hydrogen-bond acceptors (Lipinski definition) is 7. The zero-order valence-corrected chi connectivity index (χ0v) is 22.9. The molecule has 0 saturated carbocycles. The molecule has 214 valence electrons. The first-order chi connectivity index (χ1) is 20.0. The van der Waals surface area contributed by atoms with Crippen molar-refractivity contribution in [2.75, 3.05) is 7.11 Å². The van der Waals surface area contributed by atoms with Crippen LogP contribution < -0.4 is 20.7 Å². The van der Waals surface area contributed by atoms with E-state index in [4.69, 9.17) is 4.74 Å². The Bertz CT molecular complexity index is 2030. The summed E-state index contributed by atoms with van der Waals surface area (Å²) in [5.41, 5.74) is -2.26. The van der Waals surface area contributed by atoms with Gasteiger partial charge in [0.15, 0.2) is 5.65 Å². The Morgan fingerprint density at radius 1 is 1.00 bits per heavy atom. The molecule has 2 N–H and O–H groups in total. The number of aliphatic carboxylic acids is 1. The van der Waals surface area contributed by atoms with Crippen molar-refractivity contribution in [3.63, 3.8) is 0 Å². The Hall–Kier alpha value is -5.52. The number of carboxylic acids is 2. The van der Waals surface area contributed by atoms with E-state index < -0.39 is 35.7 Å². The van der Waals surface area contributed by atoms with E-state index >= 15 is 0 Å². The fourth-order valence-corrected chi connectivity index (χ4v) is 5.12. The van der Waals surface area contributed by atoms with E-state index in [1.54, 1.807) is 68.4 Å². The number of fused-ring (bicyclic) bond motifs is 2. The fraction of sp³-hybridized carbons (Fsp3) is 0.200. The van der Waals surface area contributed by atoms with Crippen molar-refractivity contribution < 1.29 is 29.3 Å². The number of pyridine rings is 2. The van der Waals surface area contributed by atoms with Gasteiger partial charge in [0.05, 0.1) is 35.9 Å². The van der Waals surface area contributed by atoms with E-state index in [1.165, 1.54) is 13.2 Å². The molecule has 12 heteroatoms. The second kappa shape index (κ2) is 10.8. The summed E-state index contributed by atoms with van der Waals surface area (Å²) in [4.78, 5) is 56.8. The first-order valence-corrected chi connectivity index (χ1v) is 12.9. The van der Waals surface area contributed by atoms with E-state index in [1.807, 2.05) is 0 Å². The number of benzene rings is 2. The van der Waals surface area contributed by atoms with Crippen LogP contribution in [0.25, 0.3) is 33.2 Å². The Kier molecular flexibility index (Phi) is 7.21. The Balaban J connectivity index is 2.04. The summed E-state index contributed by atoms with van der Waals surface area (Å²) in [5, 5.41) is 33.9. The average Bonchev–Trinajstić information content (AvgIpc) is 2.96. The highest BCUT2D eigenvalue weighted by Crippen LogP contribution is 2.34. The summed E-state index contributed by atoms with van der Waals surface area (Å²) in [6.45, 7) is 2.21. The van der Waals surface area contributed by atoms with Crippen LogP contribution >= 0.6 is 0 Å². The zero-order valence-electron chi connectivity index (χ0n) is 22.9. The van der Waals surface area contributed by atoms with E-state index in [9.17, 15) is 34.6 Å². The molecule has 0 spiro atoms. The monoisotopic (exact) mass is 570 g/mol. The van der Waals surface area contributed by atoms with Crippen molar-refractivity contribution in [2.45, 2.75) is 32.9 Å². The molecule has 0 atom stereocenters. The molecule has 0 unspecified atom stereocenters. The smallest absolute Gasteiger partial charge is 0.338 e. The maximum atomic E-state index is 14.0. The van der Waals surface area contributed by atoms with Gasteiger partial charge in [-0.25, -0.2) is 19.1 Å². The van der Waals surface area contributed by atoms with Crippen molar-refractivity contribution in [2.24, 2.45) is 0 Å². The predicted molar refractivity (Wildman–Crippen MR) is 153 cm³/mol. The molecule has 3 aromatic heterocycles. The van der Waals surface area contributed by atoms with Gasteiger partial charge < -0.3 is 20.2 Å². The zero-order chi connectivity index (χ0) is 30.3. The number of carboxylic acid groups (broad SMARTS) is 2. The molecule has 2 aromatic carbocycles. The van der Waals surface area contributed by atoms with Gasteiger partial charge in [0, 0.05) is 23.1 Å².